The van der Waals surface area contributed by atoms with Crippen LogP contribution < -0.4 is 4.90 Å². The van der Waals surface area contributed by atoms with Crippen LogP contribution in [-0.2, 0) is 17.8 Å². The number of aliphatic hydroxyl groups is 1. The van der Waals surface area contributed by atoms with Crippen LogP contribution in [0.3, 0.4) is 0 Å². The first kappa shape index (κ1) is 20.1. The molecule has 2 N–H and O–H groups in total. The second-order valence-corrected chi connectivity index (χ2v) is 7.74. The van der Waals surface area contributed by atoms with E-state index < -0.39 is 6.10 Å². The predicted molar refractivity (Wildman–Crippen MR) is 104 cm³/mol. The number of quaternary nitrogens is 1. The number of ether oxygens (including phenoxy) is 1. The molecule has 0 saturated heterocycles. The van der Waals surface area contributed by atoms with E-state index in [4.69, 9.17) is 4.74 Å². The highest BCUT2D eigenvalue weighted by molar-refractivity contribution is 5.18. The number of nitrogens with zero attached hydrogens (tertiary/aromatic N) is 1. The largest absolute Gasteiger partial charge is 0.385 e. The topological polar surface area (TPSA) is 38.8 Å². The Morgan fingerprint density at radius 2 is 2.04 bits per heavy atom. The van der Waals surface area contributed by atoms with Gasteiger partial charge in [0.25, 0.3) is 0 Å². The van der Waals surface area contributed by atoms with Crippen LogP contribution in [0.1, 0.15) is 43.4 Å². The molecule has 1 saturated carbocycles. The van der Waals surface area contributed by atoms with Crippen LogP contribution >= 0.6 is 0 Å². The van der Waals surface area contributed by atoms with Gasteiger partial charge in [-0.1, -0.05) is 18.6 Å². The van der Waals surface area contributed by atoms with Crippen molar-refractivity contribution in [2.75, 3.05) is 20.3 Å². The first-order valence-electron chi connectivity index (χ1n) is 10.1. The Balaban J connectivity index is 1.72. The summed E-state index contributed by atoms with van der Waals surface area (Å²) in [7, 11) is 1.63. The molecule has 1 aromatic carbocycles. The smallest absolute Gasteiger partial charge is 0.126 e. The van der Waals surface area contributed by atoms with Gasteiger partial charge in [-0.2, -0.15) is 0 Å². The number of benzene rings is 1. The Bertz CT molecular complexity index is 697. The monoisotopic (exact) mass is 375 g/mol. The lowest BCUT2D eigenvalue weighted by molar-refractivity contribution is -0.943. The summed E-state index contributed by atoms with van der Waals surface area (Å²) < 4.78 is 20.8. The highest BCUT2D eigenvalue weighted by Gasteiger charge is 2.27. The Morgan fingerprint density at radius 1 is 1.22 bits per heavy atom. The molecule has 0 spiro atoms. The molecule has 1 aliphatic rings. The molecule has 3 rings (SSSR count). The van der Waals surface area contributed by atoms with Crippen LogP contribution in [0.4, 0.5) is 4.39 Å². The average Bonchev–Trinajstić information content (AvgIpc) is 3.09. The number of methoxy groups -OCH3 is 1. The van der Waals surface area contributed by atoms with E-state index in [1.807, 2.05) is 6.07 Å². The average molecular weight is 376 g/mol. The van der Waals surface area contributed by atoms with Gasteiger partial charge in [0.2, 0.25) is 0 Å². The fraction of sp³-hybridized carbons (Fsp3) is 0.545. The molecule has 0 amide bonds. The minimum absolute atomic E-state index is 0.196. The molecular formula is C22H32FN2O2+. The molecule has 1 heterocycles. The van der Waals surface area contributed by atoms with Gasteiger partial charge in [-0.3, -0.25) is 0 Å². The third-order valence-corrected chi connectivity index (χ3v) is 5.61. The molecule has 4 nitrogen and oxygen atoms in total. The quantitative estimate of drug-likeness (QED) is 0.706. The molecule has 1 aromatic heterocycles. The third-order valence-electron chi connectivity index (χ3n) is 5.61. The van der Waals surface area contributed by atoms with Crippen molar-refractivity contribution in [3.05, 3.63) is 59.7 Å². The van der Waals surface area contributed by atoms with Crippen molar-refractivity contribution < 1.29 is 19.1 Å². The molecule has 148 valence electrons. The molecule has 0 aliphatic heterocycles. The molecular weight excluding hydrogens is 343 g/mol. The predicted octanol–water partition coefficient (Wildman–Crippen LogP) is 2.40. The number of aliphatic hydroxyl groups excluding tert-OH is 1. The van der Waals surface area contributed by atoms with Gasteiger partial charge < -0.3 is 19.3 Å². The molecule has 2 aromatic rings. The van der Waals surface area contributed by atoms with Gasteiger partial charge in [-0.25, -0.2) is 4.39 Å². The molecule has 27 heavy (non-hydrogen) atoms. The van der Waals surface area contributed by atoms with Crippen molar-refractivity contribution in [3.8, 4) is 0 Å². The maximum atomic E-state index is 13.5. The SMILES string of the molecule is COC[C@H](O)C[NH+](Cc1cccn1Cc1cccc(F)c1)C1CCCCC1. The van der Waals surface area contributed by atoms with Crippen LogP contribution in [-0.4, -0.2) is 42.1 Å². The number of aromatic nitrogens is 1. The molecule has 1 fully saturated rings. The Labute approximate surface area is 161 Å². The van der Waals surface area contributed by atoms with Crippen LogP contribution in [0.2, 0.25) is 0 Å². The van der Waals surface area contributed by atoms with Crippen LogP contribution in [0.25, 0.3) is 0 Å². The summed E-state index contributed by atoms with van der Waals surface area (Å²) in [5, 5.41) is 10.3. The van der Waals surface area contributed by atoms with Crippen molar-refractivity contribution in [3.63, 3.8) is 0 Å². The van der Waals surface area contributed by atoms with Crippen molar-refractivity contribution in [1.82, 2.24) is 4.57 Å². The minimum Gasteiger partial charge on any atom is -0.385 e. The summed E-state index contributed by atoms with van der Waals surface area (Å²) >= 11 is 0. The van der Waals surface area contributed by atoms with Gasteiger partial charge in [0.1, 0.15) is 25.0 Å². The summed E-state index contributed by atoms with van der Waals surface area (Å²) in [4.78, 5) is 1.43. The molecule has 0 radical (unpaired) electrons. The third kappa shape index (κ3) is 5.89. The summed E-state index contributed by atoms with van der Waals surface area (Å²) in [6, 6.07) is 11.6. The summed E-state index contributed by atoms with van der Waals surface area (Å²) in [5.41, 5.74) is 2.19. The number of nitrogens with one attached hydrogen (secondary N) is 1. The van der Waals surface area contributed by atoms with Crippen LogP contribution in [0, 0.1) is 5.82 Å². The van der Waals surface area contributed by atoms with E-state index in [9.17, 15) is 9.50 Å². The lowest BCUT2D eigenvalue weighted by Crippen LogP contribution is -3.15. The van der Waals surface area contributed by atoms with E-state index in [2.05, 4.69) is 22.9 Å². The first-order valence-corrected chi connectivity index (χ1v) is 10.1. The fourth-order valence-corrected chi connectivity index (χ4v) is 4.28. The first-order chi connectivity index (χ1) is 13.2. The van der Waals surface area contributed by atoms with Crippen molar-refractivity contribution in [2.45, 2.75) is 57.3 Å². The van der Waals surface area contributed by atoms with Crippen molar-refractivity contribution in [1.29, 1.82) is 0 Å². The second-order valence-electron chi connectivity index (χ2n) is 7.74. The summed E-state index contributed by atoms with van der Waals surface area (Å²) in [6.07, 6.45) is 7.93. The fourth-order valence-electron chi connectivity index (χ4n) is 4.28. The van der Waals surface area contributed by atoms with Gasteiger partial charge in [-0.15, -0.1) is 0 Å². The van der Waals surface area contributed by atoms with Crippen molar-refractivity contribution >= 4 is 0 Å². The standard InChI is InChI=1S/C22H31FN2O2/c1-27-17-22(26)16-25(20-9-3-2-4-10-20)15-21-11-6-12-24(21)14-18-7-5-8-19(23)13-18/h5-8,11-13,20,22,26H,2-4,9-10,14-17H2,1H3/p+1/t22-/m1/s1. The molecule has 0 bridgehead atoms. The van der Waals surface area contributed by atoms with E-state index in [-0.39, 0.29) is 5.82 Å². The Hall–Kier alpha value is -1.69. The number of hydrogen-bond donors (Lipinski definition) is 2. The van der Waals surface area contributed by atoms with Gasteiger partial charge in [0.15, 0.2) is 0 Å². The summed E-state index contributed by atoms with van der Waals surface area (Å²) in [5.74, 6) is -0.196. The number of hydrogen-bond acceptors (Lipinski definition) is 2. The van der Waals surface area contributed by atoms with Gasteiger partial charge in [-0.05, 0) is 55.5 Å². The highest BCUT2D eigenvalue weighted by atomic mass is 19.1. The molecule has 5 heteroatoms. The van der Waals surface area contributed by atoms with Gasteiger partial charge in [0.05, 0.1) is 18.3 Å². The van der Waals surface area contributed by atoms with E-state index in [1.165, 1.54) is 48.8 Å². The zero-order chi connectivity index (χ0) is 19.1. The maximum Gasteiger partial charge on any atom is 0.126 e. The van der Waals surface area contributed by atoms with Gasteiger partial charge in [0, 0.05) is 19.9 Å². The highest BCUT2D eigenvalue weighted by Crippen LogP contribution is 2.16. The maximum absolute atomic E-state index is 13.5. The van der Waals surface area contributed by atoms with Crippen molar-refractivity contribution in [2.24, 2.45) is 0 Å². The molecule has 1 aliphatic carbocycles. The van der Waals surface area contributed by atoms with E-state index in [0.29, 0.717) is 25.7 Å². The zero-order valence-corrected chi connectivity index (χ0v) is 16.2. The van der Waals surface area contributed by atoms with E-state index in [0.717, 1.165) is 12.1 Å². The number of halogens is 1. The van der Waals surface area contributed by atoms with Crippen LogP contribution in [0.15, 0.2) is 42.6 Å². The normalized spacial score (nSPS) is 17.7. The Morgan fingerprint density at radius 3 is 2.78 bits per heavy atom. The van der Waals surface area contributed by atoms with E-state index in [1.54, 1.807) is 19.2 Å². The number of rotatable bonds is 9. The Kier molecular flexibility index (Phi) is 7.44. The molecule has 2 atom stereocenters. The van der Waals surface area contributed by atoms with Gasteiger partial charge >= 0.3 is 0 Å². The lowest BCUT2D eigenvalue weighted by atomic mass is 9.94. The molecule has 1 unspecified atom stereocenters. The van der Waals surface area contributed by atoms with E-state index >= 15 is 0 Å². The second kappa shape index (κ2) is 10.0. The lowest BCUT2D eigenvalue weighted by Gasteiger charge is -2.33. The summed E-state index contributed by atoms with van der Waals surface area (Å²) in [6.45, 7) is 2.61. The van der Waals surface area contributed by atoms with Crippen LogP contribution in [0.5, 0.6) is 0 Å². The minimum atomic E-state index is -0.446. The zero-order valence-electron chi connectivity index (χ0n) is 16.2.